The first kappa shape index (κ1) is 14.3. The van der Waals surface area contributed by atoms with Crippen molar-refractivity contribution in [3.05, 3.63) is 24.0 Å². The maximum absolute atomic E-state index is 12.2. The van der Waals surface area contributed by atoms with E-state index < -0.39 is 29.9 Å². The monoisotopic (exact) mass is 273 g/mol. The van der Waals surface area contributed by atoms with Crippen LogP contribution in [0, 0.1) is 0 Å². The summed E-state index contributed by atoms with van der Waals surface area (Å²) >= 11 is 0. The van der Waals surface area contributed by atoms with Gasteiger partial charge in [0.05, 0.1) is 0 Å². The standard InChI is InChI=1S/C9H5F6NO2/c10-8(11,12)7(9(13,14)15)18-6-2-1-3-16-5(6)4-17/h1-4,7H. The van der Waals surface area contributed by atoms with E-state index in [0.717, 1.165) is 18.3 Å². The molecule has 0 saturated carbocycles. The number of nitrogens with zero attached hydrogens (tertiary/aromatic N) is 1. The SMILES string of the molecule is O=Cc1ncccc1OC(C(F)(F)F)C(F)(F)F. The van der Waals surface area contributed by atoms with Crippen LogP contribution in [0.4, 0.5) is 26.3 Å². The summed E-state index contributed by atoms with van der Waals surface area (Å²) in [5, 5.41) is 0. The number of rotatable bonds is 3. The third-order valence-electron chi connectivity index (χ3n) is 1.75. The molecule has 9 heteroatoms. The number of hydrogen-bond acceptors (Lipinski definition) is 3. The fraction of sp³-hybridized carbons (Fsp3) is 0.333. The van der Waals surface area contributed by atoms with Gasteiger partial charge in [0, 0.05) is 6.20 Å². The highest BCUT2D eigenvalue weighted by Crippen LogP contribution is 2.36. The number of aromatic nitrogens is 1. The van der Waals surface area contributed by atoms with Crippen molar-refractivity contribution in [1.82, 2.24) is 4.98 Å². The molecular weight excluding hydrogens is 268 g/mol. The van der Waals surface area contributed by atoms with E-state index in [0.29, 0.717) is 0 Å². The van der Waals surface area contributed by atoms with E-state index in [1.807, 2.05) is 0 Å². The Hall–Kier alpha value is -1.80. The Bertz CT molecular complexity index is 414. The highest BCUT2D eigenvalue weighted by atomic mass is 19.4. The normalized spacial score (nSPS) is 12.6. The van der Waals surface area contributed by atoms with Gasteiger partial charge >= 0.3 is 12.4 Å². The van der Waals surface area contributed by atoms with Crippen LogP contribution in [-0.4, -0.2) is 29.7 Å². The largest absolute Gasteiger partial charge is 0.469 e. The zero-order valence-corrected chi connectivity index (χ0v) is 8.42. The van der Waals surface area contributed by atoms with Crippen molar-refractivity contribution in [3.63, 3.8) is 0 Å². The predicted octanol–water partition coefficient (Wildman–Crippen LogP) is 2.77. The molecule has 0 unspecified atom stereocenters. The number of pyridine rings is 1. The lowest BCUT2D eigenvalue weighted by atomic mass is 10.3. The van der Waals surface area contributed by atoms with E-state index >= 15 is 0 Å². The van der Waals surface area contributed by atoms with Gasteiger partial charge < -0.3 is 4.74 Å². The minimum atomic E-state index is -5.64. The quantitative estimate of drug-likeness (QED) is 0.628. The van der Waals surface area contributed by atoms with Crippen LogP contribution >= 0.6 is 0 Å². The molecule has 0 atom stereocenters. The molecule has 0 fully saturated rings. The van der Waals surface area contributed by atoms with Crippen molar-refractivity contribution in [2.45, 2.75) is 18.5 Å². The zero-order chi connectivity index (χ0) is 14.0. The molecule has 1 heterocycles. The van der Waals surface area contributed by atoms with Gasteiger partial charge in [-0.1, -0.05) is 0 Å². The Morgan fingerprint density at radius 3 is 2.17 bits per heavy atom. The molecule has 0 aliphatic carbocycles. The highest BCUT2D eigenvalue weighted by molar-refractivity contribution is 5.76. The van der Waals surface area contributed by atoms with Crippen LogP contribution in [0.1, 0.15) is 10.5 Å². The van der Waals surface area contributed by atoms with Gasteiger partial charge in [0.1, 0.15) is 11.4 Å². The smallest absolute Gasteiger partial charge is 0.434 e. The molecule has 18 heavy (non-hydrogen) atoms. The molecule has 100 valence electrons. The van der Waals surface area contributed by atoms with Gasteiger partial charge in [-0.25, -0.2) is 4.98 Å². The summed E-state index contributed by atoms with van der Waals surface area (Å²) in [4.78, 5) is 13.7. The average Bonchev–Trinajstić information content (AvgIpc) is 2.23. The van der Waals surface area contributed by atoms with Crippen LogP contribution in [0.15, 0.2) is 18.3 Å². The Morgan fingerprint density at radius 1 is 1.17 bits per heavy atom. The summed E-state index contributed by atoms with van der Waals surface area (Å²) in [7, 11) is 0. The molecule has 3 nitrogen and oxygen atoms in total. The number of carbonyl (C=O) groups is 1. The maximum Gasteiger partial charge on any atom is 0.434 e. The van der Waals surface area contributed by atoms with Gasteiger partial charge in [-0.15, -0.1) is 0 Å². The van der Waals surface area contributed by atoms with E-state index in [4.69, 9.17) is 0 Å². The number of halogens is 6. The molecule has 1 aromatic heterocycles. The molecule has 1 aromatic rings. The van der Waals surface area contributed by atoms with Crippen LogP contribution < -0.4 is 4.74 Å². The predicted molar refractivity (Wildman–Crippen MR) is 46.2 cm³/mol. The molecule has 0 bridgehead atoms. The Kier molecular flexibility index (Phi) is 3.82. The summed E-state index contributed by atoms with van der Waals surface area (Å²) in [6.07, 6.45) is -14.3. The van der Waals surface area contributed by atoms with E-state index in [1.165, 1.54) is 0 Å². The Balaban J connectivity index is 3.08. The first-order valence-electron chi connectivity index (χ1n) is 4.36. The number of ether oxygens (including phenoxy) is 1. The van der Waals surface area contributed by atoms with Crippen LogP contribution in [-0.2, 0) is 0 Å². The van der Waals surface area contributed by atoms with E-state index in [-0.39, 0.29) is 6.29 Å². The van der Waals surface area contributed by atoms with Crippen molar-refractivity contribution in [1.29, 1.82) is 0 Å². The molecule has 0 aliphatic rings. The van der Waals surface area contributed by atoms with Crippen molar-refractivity contribution in [3.8, 4) is 5.75 Å². The first-order valence-corrected chi connectivity index (χ1v) is 4.36. The minimum absolute atomic E-state index is 0.000851. The first-order chi connectivity index (χ1) is 8.16. The summed E-state index contributed by atoms with van der Waals surface area (Å²) < 4.78 is 76.9. The van der Waals surface area contributed by atoms with Crippen LogP contribution in [0.5, 0.6) is 5.75 Å². The van der Waals surface area contributed by atoms with Crippen molar-refractivity contribution in [2.75, 3.05) is 0 Å². The second kappa shape index (κ2) is 4.83. The van der Waals surface area contributed by atoms with Crippen molar-refractivity contribution < 1.29 is 35.9 Å². The summed E-state index contributed by atoms with van der Waals surface area (Å²) in [5.41, 5.74) is -0.643. The summed E-state index contributed by atoms with van der Waals surface area (Å²) in [6.45, 7) is 0. The zero-order valence-electron chi connectivity index (χ0n) is 8.42. The fourth-order valence-corrected chi connectivity index (χ4v) is 1.04. The molecule has 1 rings (SSSR count). The van der Waals surface area contributed by atoms with Crippen LogP contribution in [0.3, 0.4) is 0 Å². The third-order valence-corrected chi connectivity index (χ3v) is 1.75. The number of hydrogen-bond donors (Lipinski definition) is 0. The van der Waals surface area contributed by atoms with Gasteiger partial charge in [-0.3, -0.25) is 4.79 Å². The lowest BCUT2D eigenvalue weighted by molar-refractivity contribution is -0.300. The highest BCUT2D eigenvalue weighted by Gasteiger charge is 2.59. The molecule has 0 N–H and O–H groups in total. The second-order valence-electron chi connectivity index (χ2n) is 3.09. The van der Waals surface area contributed by atoms with Gasteiger partial charge in [0.2, 0.25) is 0 Å². The van der Waals surface area contributed by atoms with Crippen LogP contribution in [0.25, 0.3) is 0 Å². The molecule has 0 aliphatic heterocycles. The maximum atomic E-state index is 12.2. The summed E-state index contributed by atoms with van der Waals surface area (Å²) in [6, 6.07) is 1.84. The minimum Gasteiger partial charge on any atom is -0.469 e. The third kappa shape index (κ3) is 3.34. The van der Waals surface area contributed by atoms with Crippen molar-refractivity contribution in [2.24, 2.45) is 0 Å². The molecule has 0 saturated heterocycles. The van der Waals surface area contributed by atoms with Gasteiger partial charge in [0.25, 0.3) is 6.10 Å². The molecular formula is C9H5F6NO2. The Morgan fingerprint density at radius 2 is 1.72 bits per heavy atom. The fourth-order valence-electron chi connectivity index (χ4n) is 1.04. The van der Waals surface area contributed by atoms with Crippen LogP contribution in [0.2, 0.25) is 0 Å². The second-order valence-corrected chi connectivity index (χ2v) is 3.09. The molecule has 0 spiro atoms. The van der Waals surface area contributed by atoms with Crippen molar-refractivity contribution >= 4 is 6.29 Å². The number of carbonyl (C=O) groups excluding carboxylic acids is 1. The molecule has 0 radical (unpaired) electrons. The topological polar surface area (TPSA) is 39.2 Å². The number of alkyl halides is 6. The van der Waals surface area contributed by atoms with Gasteiger partial charge in [-0.2, -0.15) is 26.3 Å². The molecule has 0 amide bonds. The Labute approximate surface area is 96.4 Å². The lowest BCUT2D eigenvalue weighted by Crippen LogP contribution is -2.46. The van der Waals surface area contributed by atoms with Gasteiger partial charge in [0.15, 0.2) is 6.29 Å². The summed E-state index contributed by atoms with van der Waals surface area (Å²) in [5.74, 6) is -0.882. The van der Waals surface area contributed by atoms with E-state index in [9.17, 15) is 31.1 Å². The van der Waals surface area contributed by atoms with E-state index in [2.05, 4.69) is 9.72 Å². The van der Waals surface area contributed by atoms with Gasteiger partial charge in [-0.05, 0) is 12.1 Å². The average molecular weight is 273 g/mol. The number of aldehydes is 1. The van der Waals surface area contributed by atoms with E-state index in [1.54, 1.807) is 0 Å². The lowest BCUT2D eigenvalue weighted by Gasteiger charge is -2.24. The molecule has 0 aromatic carbocycles.